The lowest BCUT2D eigenvalue weighted by Gasteiger charge is -2.15. The number of hydrogen-bond donors (Lipinski definition) is 2. The van der Waals surface area contributed by atoms with E-state index in [-0.39, 0.29) is 36.2 Å². The maximum Gasteiger partial charge on any atom is 0.240 e. The van der Waals surface area contributed by atoms with E-state index in [1.54, 1.807) is 12.1 Å². The van der Waals surface area contributed by atoms with Crippen molar-refractivity contribution < 1.29 is 14.3 Å². The number of ether oxygens (including phenoxy) is 2. The molecule has 0 unspecified atom stereocenters. The van der Waals surface area contributed by atoms with Gasteiger partial charge in [-0.15, -0.1) is 0 Å². The van der Waals surface area contributed by atoms with Crippen molar-refractivity contribution in [3.63, 3.8) is 0 Å². The van der Waals surface area contributed by atoms with Crippen LogP contribution in [0.3, 0.4) is 0 Å². The van der Waals surface area contributed by atoms with Crippen molar-refractivity contribution in [3.8, 4) is 11.8 Å². The van der Waals surface area contributed by atoms with Crippen LogP contribution in [0.1, 0.15) is 18.5 Å². The Kier molecular flexibility index (Phi) is 6.81. The van der Waals surface area contributed by atoms with E-state index in [4.69, 9.17) is 32.7 Å². The number of benzene rings is 1. The number of hydrogen-bond acceptors (Lipinski definition) is 6. The molecule has 25 heavy (non-hydrogen) atoms. The van der Waals surface area contributed by atoms with Crippen LogP contribution in [0.5, 0.6) is 11.8 Å². The summed E-state index contributed by atoms with van der Waals surface area (Å²) in [4.78, 5) is 20.2. The predicted molar refractivity (Wildman–Crippen MR) is 96.6 cm³/mol. The minimum absolute atomic E-state index is 0.0447. The summed E-state index contributed by atoms with van der Waals surface area (Å²) in [6.07, 6.45) is 0. The lowest BCUT2D eigenvalue weighted by Crippen LogP contribution is -2.30. The van der Waals surface area contributed by atoms with Crippen molar-refractivity contribution >= 4 is 35.1 Å². The molecule has 1 amide bonds. The first kappa shape index (κ1) is 19.2. The van der Waals surface area contributed by atoms with Crippen molar-refractivity contribution in [1.29, 1.82) is 0 Å². The number of anilines is 1. The molecule has 9 heteroatoms. The summed E-state index contributed by atoms with van der Waals surface area (Å²) in [6.45, 7) is 1.94. The van der Waals surface area contributed by atoms with Gasteiger partial charge in [-0.3, -0.25) is 10.1 Å². The fourth-order valence-electron chi connectivity index (χ4n) is 2.05. The van der Waals surface area contributed by atoms with Gasteiger partial charge < -0.3 is 14.8 Å². The Labute approximate surface area is 155 Å². The van der Waals surface area contributed by atoms with Gasteiger partial charge in [0.1, 0.15) is 0 Å². The summed E-state index contributed by atoms with van der Waals surface area (Å²) in [7, 11) is 2.93. The number of halogens is 2. The van der Waals surface area contributed by atoms with Crippen molar-refractivity contribution in [1.82, 2.24) is 15.3 Å². The fraction of sp³-hybridized carbons (Fsp3) is 0.312. The average Bonchev–Trinajstić information content (AvgIpc) is 2.59. The molecule has 0 aliphatic carbocycles. The number of nitrogens with zero attached hydrogens (tertiary/aromatic N) is 2. The van der Waals surface area contributed by atoms with E-state index >= 15 is 0 Å². The molecule has 0 fully saturated rings. The van der Waals surface area contributed by atoms with Crippen LogP contribution >= 0.6 is 23.2 Å². The average molecular weight is 385 g/mol. The van der Waals surface area contributed by atoms with E-state index in [9.17, 15) is 4.79 Å². The summed E-state index contributed by atoms with van der Waals surface area (Å²) in [6, 6.07) is 6.59. The highest BCUT2D eigenvalue weighted by molar-refractivity contribution is 6.35. The molecule has 0 radical (unpaired) electrons. The molecule has 1 heterocycles. The smallest absolute Gasteiger partial charge is 0.240 e. The Hall–Kier alpha value is -2.09. The molecule has 2 rings (SSSR count). The highest BCUT2D eigenvalue weighted by atomic mass is 35.5. The standard InChI is InChI=1S/C16H18Cl2N4O3/c1-9(11-5-4-10(17)6-12(11)18)19-8-13(23)20-16-21-14(24-2)7-15(22-16)25-3/h4-7,9,19H,8H2,1-3H3,(H,20,21,22,23)/t9-/m1/s1. The Balaban J connectivity index is 1.96. The van der Waals surface area contributed by atoms with Gasteiger partial charge in [0.2, 0.25) is 23.6 Å². The van der Waals surface area contributed by atoms with Gasteiger partial charge in [-0.2, -0.15) is 9.97 Å². The second kappa shape index (κ2) is 8.84. The van der Waals surface area contributed by atoms with Gasteiger partial charge >= 0.3 is 0 Å². The highest BCUT2D eigenvalue weighted by Gasteiger charge is 2.13. The first-order valence-electron chi connectivity index (χ1n) is 7.38. The molecular weight excluding hydrogens is 367 g/mol. The molecular formula is C16H18Cl2N4O3. The molecule has 2 aromatic rings. The Morgan fingerprint density at radius 2 is 1.80 bits per heavy atom. The van der Waals surface area contributed by atoms with Crippen LogP contribution in [-0.4, -0.2) is 36.6 Å². The summed E-state index contributed by atoms with van der Waals surface area (Å²) >= 11 is 12.0. The van der Waals surface area contributed by atoms with Crippen LogP contribution in [0.25, 0.3) is 0 Å². The number of rotatable bonds is 7. The van der Waals surface area contributed by atoms with Gasteiger partial charge in [-0.25, -0.2) is 0 Å². The molecule has 1 atom stereocenters. The van der Waals surface area contributed by atoms with Crippen molar-refractivity contribution in [2.24, 2.45) is 0 Å². The van der Waals surface area contributed by atoms with E-state index in [2.05, 4.69) is 20.6 Å². The first-order chi connectivity index (χ1) is 11.9. The summed E-state index contributed by atoms with van der Waals surface area (Å²) in [5, 5.41) is 6.76. The number of amides is 1. The number of aromatic nitrogens is 2. The maximum absolute atomic E-state index is 12.1. The SMILES string of the molecule is COc1cc(OC)nc(NC(=O)CN[C@H](C)c2ccc(Cl)cc2Cl)n1. The molecule has 0 spiro atoms. The van der Waals surface area contributed by atoms with Gasteiger partial charge in [0.15, 0.2) is 0 Å². The van der Waals surface area contributed by atoms with Gasteiger partial charge in [0.25, 0.3) is 0 Å². The minimum atomic E-state index is -0.313. The highest BCUT2D eigenvalue weighted by Crippen LogP contribution is 2.26. The lowest BCUT2D eigenvalue weighted by atomic mass is 10.1. The van der Waals surface area contributed by atoms with Crippen LogP contribution in [0.2, 0.25) is 10.0 Å². The van der Waals surface area contributed by atoms with E-state index < -0.39 is 0 Å². The number of carbonyl (C=O) groups is 1. The van der Waals surface area contributed by atoms with E-state index in [1.807, 2.05) is 13.0 Å². The van der Waals surface area contributed by atoms with E-state index in [0.29, 0.717) is 10.0 Å². The molecule has 0 saturated heterocycles. The summed E-state index contributed by atoms with van der Waals surface area (Å²) in [5.74, 6) is 0.361. The lowest BCUT2D eigenvalue weighted by molar-refractivity contribution is -0.115. The Morgan fingerprint density at radius 3 is 2.36 bits per heavy atom. The molecule has 0 saturated carbocycles. The van der Waals surface area contributed by atoms with Crippen molar-refractivity contribution in [2.45, 2.75) is 13.0 Å². The third-order valence-corrected chi connectivity index (χ3v) is 3.91. The molecule has 0 aliphatic rings. The topological polar surface area (TPSA) is 85.4 Å². The van der Waals surface area contributed by atoms with E-state index in [0.717, 1.165) is 5.56 Å². The normalized spacial score (nSPS) is 11.7. The molecule has 1 aromatic heterocycles. The van der Waals surface area contributed by atoms with Crippen molar-refractivity contribution in [3.05, 3.63) is 39.9 Å². The van der Waals surface area contributed by atoms with Crippen LogP contribution in [-0.2, 0) is 4.79 Å². The van der Waals surface area contributed by atoms with Gasteiger partial charge in [-0.05, 0) is 24.6 Å². The molecule has 134 valence electrons. The number of methoxy groups -OCH3 is 2. The Bertz CT molecular complexity index is 736. The maximum atomic E-state index is 12.1. The zero-order valence-corrected chi connectivity index (χ0v) is 15.5. The van der Waals surface area contributed by atoms with Gasteiger partial charge in [-0.1, -0.05) is 29.3 Å². The first-order valence-corrected chi connectivity index (χ1v) is 8.13. The van der Waals surface area contributed by atoms with Crippen LogP contribution in [0.15, 0.2) is 24.3 Å². The molecule has 1 aromatic carbocycles. The van der Waals surface area contributed by atoms with Crippen LogP contribution in [0, 0.1) is 0 Å². The zero-order valence-electron chi connectivity index (χ0n) is 14.0. The largest absolute Gasteiger partial charge is 0.481 e. The number of carbonyl (C=O) groups excluding carboxylic acids is 1. The van der Waals surface area contributed by atoms with Gasteiger partial charge in [0.05, 0.1) is 26.8 Å². The third-order valence-electron chi connectivity index (χ3n) is 3.35. The second-order valence-corrected chi connectivity index (χ2v) is 5.94. The molecule has 0 aliphatic heterocycles. The quantitative estimate of drug-likeness (QED) is 0.762. The predicted octanol–water partition coefficient (Wildman–Crippen LogP) is 3.09. The van der Waals surface area contributed by atoms with Crippen LogP contribution < -0.4 is 20.1 Å². The third kappa shape index (κ3) is 5.45. The number of nitrogens with one attached hydrogen (secondary N) is 2. The van der Waals surface area contributed by atoms with E-state index in [1.165, 1.54) is 20.3 Å². The Morgan fingerprint density at radius 1 is 1.16 bits per heavy atom. The molecule has 0 bridgehead atoms. The zero-order chi connectivity index (χ0) is 18.4. The van der Waals surface area contributed by atoms with Crippen LogP contribution in [0.4, 0.5) is 5.95 Å². The minimum Gasteiger partial charge on any atom is -0.481 e. The van der Waals surface area contributed by atoms with Crippen molar-refractivity contribution in [2.75, 3.05) is 26.1 Å². The monoisotopic (exact) mass is 384 g/mol. The fourth-order valence-corrected chi connectivity index (χ4v) is 2.62. The van der Waals surface area contributed by atoms with Gasteiger partial charge in [0, 0.05) is 16.1 Å². The second-order valence-electron chi connectivity index (χ2n) is 5.09. The summed E-state index contributed by atoms with van der Waals surface area (Å²) < 4.78 is 10.1. The summed E-state index contributed by atoms with van der Waals surface area (Å²) in [5.41, 5.74) is 0.846. The molecule has 7 nitrogen and oxygen atoms in total. The molecule has 2 N–H and O–H groups in total.